The first-order valence-corrected chi connectivity index (χ1v) is 8.21. The molecule has 0 fully saturated rings. The monoisotopic (exact) mass is 417 g/mol. The number of carbonyl (C=O) groups excluding carboxylic acids is 1. The minimum Gasteiger partial charge on any atom is -0.486 e. The molecule has 0 aromatic heterocycles. The van der Waals surface area contributed by atoms with Gasteiger partial charge in [0.1, 0.15) is 13.2 Å². The molecule has 2 aromatic rings. The lowest BCUT2D eigenvalue weighted by Crippen LogP contribution is -2.16. The predicted octanol–water partition coefficient (Wildman–Crippen LogP) is 5.15. The molecule has 1 heterocycles. The number of ether oxygens (including phenoxy) is 2. The van der Waals surface area contributed by atoms with E-state index in [9.17, 15) is 31.1 Å². The SMILES string of the molecule is O=C(/C=C/c1ccc(C(F)(F)F)cc1C(F)(F)F)Nc1ccc2c(c1)OCCO2. The molecule has 1 aliphatic rings. The standard InChI is InChI=1S/C19H13F6NO3/c20-18(21,22)12-3-1-11(14(9-12)19(23,24)25)2-6-17(27)26-13-4-5-15-16(10-13)29-8-7-28-15/h1-6,9-10H,7-8H2,(H,26,27)/b6-2+. The van der Waals surface area contributed by atoms with Crippen molar-refractivity contribution in [3.8, 4) is 11.5 Å². The molecule has 1 amide bonds. The van der Waals surface area contributed by atoms with Crippen LogP contribution in [0, 0.1) is 0 Å². The summed E-state index contributed by atoms with van der Waals surface area (Å²) in [6.07, 6.45) is -8.34. The second-order valence-electron chi connectivity index (χ2n) is 5.98. The Morgan fingerprint density at radius 1 is 0.897 bits per heavy atom. The van der Waals surface area contributed by atoms with Gasteiger partial charge in [-0.1, -0.05) is 6.07 Å². The fourth-order valence-electron chi connectivity index (χ4n) is 2.59. The van der Waals surface area contributed by atoms with Crippen molar-refractivity contribution in [3.63, 3.8) is 0 Å². The average Bonchev–Trinajstić information content (AvgIpc) is 2.64. The third kappa shape index (κ3) is 5.01. The summed E-state index contributed by atoms with van der Waals surface area (Å²) >= 11 is 0. The summed E-state index contributed by atoms with van der Waals surface area (Å²) in [5.41, 5.74) is -3.17. The first-order valence-electron chi connectivity index (χ1n) is 8.21. The summed E-state index contributed by atoms with van der Waals surface area (Å²) in [4.78, 5) is 12.0. The van der Waals surface area contributed by atoms with Gasteiger partial charge in [-0.05, 0) is 35.9 Å². The summed E-state index contributed by atoms with van der Waals surface area (Å²) in [6.45, 7) is 0.717. The summed E-state index contributed by atoms with van der Waals surface area (Å²) in [6, 6.07) is 5.76. The lowest BCUT2D eigenvalue weighted by atomic mass is 10.0. The van der Waals surface area contributed by atoms with Crippen LogP contribution in [0.2, 0.25) is 0 Å². The largest absolute Gasteiger partial charge is 0.486 e. The summed E-state index contributed by atoms with van der Waals surface area (Å²) < 4.78 is 88.1. The van der Waals surface area contributed by atoms with Crippen molar-refractivity contribution in [1.29, 1.82) is 0 Å². The molecule has 0 bridgehead atoms. The Morgan fingerprint density at radius 3 is 2.24 bits per heavy atom. The van der Waals surface area contributed by atoms with Gasteiger partial charge in [-0.3, -0.25) is 4.79 Å². The number of fused-ring (bicyclic) bond motifs is 1. The maximum Gasteiger partial charge on any atom is 0.417 e. The van der Waals surface area contributed by atoms with Crippen LogP contribution >= 0.6 is 0 Å². The first kappa shape index (κ1) is 20.6. The molecule has 1 aliphatic heterocycles. The number of hydrogen-bond acceptors (Lipinski definition) is 3. The fraction of sp³-hybridized carbons (Fsp3) is 0.211. The zero-order chi connectivity index (χ0) is 21.2. The Kier molecular flexibility index (Phi) is 5.45. The summed E-state index contributed by atoms with van der Waals surface area (Å²) in [5.74, 6) is 0.124. The minimum atomic E-state index is -5.02. The summed E-state index contributed by atoms with van der Waals surface area (Å²) in [7, 11) is 0. The Morgan fingerprint density at radius 2 is 1.59 bits per heavy atom. The average molecular weight is 417 g/mol. The summed E-state index contributed by atoms with van der Waals surface area (Å²) in [5, 5.41) is 2.43. The molecular weight excluding hydrogens is 404 g/mol. The van der Waals surface area contributed by atoms with Gasteiger partial charge < -0.3 is 14.8 Å². The topological polar surface area (TPSA) is 47.6 Å². The van der Waals surface area contributed by atoms with Gasteiger partial charge in [0.25, 0.3) is 0 Å². The van der Waals surface area contributed by atoms with E-state index in [1.807, 2.05) is 0 Å². The zero-order valence-corrected chi connectivity index (χ0v) is 14.5. The van der Waals surface area contributed by atoms with E-state index in [1.165, 1.54) is 12.1 Å². The van der Waals surface area contributed by atoms with Gasteiger partial charge in [0.2, 0.25) is 5.91 Å². The van der Waals surface area contributed by atoms with Gasteiger partial charge in [0.15, 0.2) is 11.5 Å². The van der Waals surface area contributed by atoms with Crippen molar-refractivity contribution in [2.24, 2.45) is 0 Å². The van der Waals surface area contributed by atoms with E-state index >= 15 is 0 Å². The zero-order valence-electron chi connectivity index (χ0n) is 14.5. The molecule has 3 rings (SSSR count). The molecule has 2 aromatic carbocycles. The molecular formula is C19H13F6NO3. The number of rotatable bonds is 3. The maximum atomic E-state index is 13.1. The Hall–Kier alpha value is -3.17. The van der Waals surface area contributed by atoms with Gasteiger partial charge in [-0.2, -0.15) is 26.3 Å². The van der Waals surface area contributed by atoms with Crippen molar-refractivity contribution in [2.75, 3.05) is 18.5 Å². The van der Waals surface area contributed by atoms with E-state index in [1.54, 1.807) is 6.07 Å². The molecule has 0 spiro atoms. The van der Waals surface area contributed by atoms with Crippen LogP contribution in [0.25, 0.3) is 6.08 Å². The molecule has 0 saturated heterocycles. The quantitative estimate of drug-likeness (QED) is 0.555. The predicted molar refractivity (Wildman–Crippen MR) is 91.5 cm³/mol. The van der Waals surface area contributed by atoms with Crippen LogP contribution in [-0.4, -0.2) is 19.1 Å². The molecule has 0 radical (unpaired) electrons. The molecule has 154 valence electrons. The Bertz CT molecular complexity index is 950. The van der Waals surface area contributed by atoms with Gasteiger partial charge >= 0.3 is 12.4 Å². The van der Waals surface area contributed by atoms with E-state index < -0.39 is 35.0 Å². The van der Waals surface area contributed by atoms with E-state index in [-0.39, 0.29) is 6.07 Å². The lowest BCUT2D eigenvalue weighted by molar-refractivity contribution is -0.143. The van der Waals surface area contributed by atoms with Gasteiger partial charge in [0.05, 0.1) is 11.1 Å². The minimum absolute atomic E-state index is 0.0123. The van der Waals surface area contributed by atoms with Crippen molar-refractivity contribution in [2.45, 2.75) is 12.4 Å². The Labute approximate surface area is 160 Å². The second kappa shape index (κ2) is 7.69. The third-order valence-electron chi connectivity index (χ3n) is 3.91. The number of amides is 1. The maximum absolute atomic E-state index is 13.1. The van der Waals surface area contributed by atoms with E-state index in [0.29, 0.717) is 42.5 Å². The number of halogens is 6. The highest BCUT2D eigenvalue weighted by Gasteiger charge is 2.37. The smallest absolute Gasteiger partial charge is 0.417 e. The van der Waals surface area contributed by atoms with Crippen molar-refractivity contribution < 1.29 is 40.6 Å². The first-order chi connectivity index (χ1) is 13.5. The van der Waals surface area contributed by atoms with Crippen LogP contribution in [0.5, 0.6) is 11.5 Å². The van der Waals surface area contributed by atoms with Gasteiger partial charge in [-0.25, -0.2) is 0 Å². The second-order valence-corrected chi connectivity index (χ2v) is 5.98. The van der Waals surface area contributed by atoms with Crippen molar-refractivity contribution >= 4 is 17.7 Å². The van der Waals surface area contributed by atoms with Crippen LogP contribution in [0.15, 0.2) is 42.5 Å². The normalized spacial score (nSPS) is 14.1. The number of nitrogens with one attached hydrogen (secondary N) is 1. The molecule has 1 N–H and O–H groups in total. The Balaban J connectivity index is 1.79. The van der Waals surface area contributed by atoms with Crippen LogP contribution in [0.4, 0.5) is 32.0 Å². The molecule has 10 heteroatoms. The highest BCUT2D eigenvalue weighted by molar-refractivity contribution is 6.02. The number of anilines is 1. The molecule has 0 saturated carbocycles. The lowest BCUT2D eigenvalue weighted by Gasteiger charge is -2.18. The highest BCUT2D eigenvalue weighted by atomic mass is 19.4. The third-order valence-corrected chi connectivity index (χ3v) is 3.91. The van der Waals surface area contributed by atoms with Crippen LogP contribution in [0.3, 0.4) is 0 Å². The van der Waals surface area contributed by atoms with E-state index in [0.717, 1.165) is 12.2 Å². The fourth-order valence-corrected chi connectivity index (χ4v) is 2.59. The van der Waals surface area contributed by atoms with Crippen LogP contribution in [-0.2, 0) is 17.1 Å². The van der Waals surface area contributed by atoms with Crippen molar-refractivity contribution in [1.82, 2.24) is 0 Å². The molecule has 29 heavy (non-hydrogen) atoms. The highest BCUT2D eigenvalue weighted by Crippen LogP contribution is 2.38. The molecule has 0 aliphatic carbocycles. The number of carbonyl (C=O) groups is 1. The van der Waals surface area contributed by atoms with Crippen LogP contribution in [0.1, 0.15) is 16.7 Å². The van der Waals surface area contributed by atoms with E-state index in [2.05, 4.69) is 5.32 Å². The molecule has 4 nitrogen and oxygen atoms in total. The van der Waals surface area contributed by atoms with Crippen molar-refractivity contribution in [3.05, 3.63) is 59.2 Å². The number of hydrogen-bond donors (Lipinski definition) is 1. The number of benzene rings is 2. The van der Waals surface area contributed by atoms with Crippen LogP contribution < -0.4 is 14.8 Å². The van der Waals surface area contributed by atoms with Gasteiger partial charge in [-0.15, -0.1) is 0 Å². The van der Waals surface area contributed by atoms with Gasteiger partial charge in [0, 0.05) is 17.8 Å². The molecule has 0 unspecified atom stereocenters. The number of alkyl halides is 6. The van der Waals surface area contributed by atoms with E-state index in [4.69, 9.17) is 9.47 Å². The molecule has 0 atom stereocenters.